The van der Waals surface area contributed by atoms with Crippen LogP contribution in [0.25, 0.3) is 0 Å². The van der Waals surface area contributed by atoms with Crippen LogP contribution in [0.1, 0.15) is 41.0 Å². The summed E-state index contributed by atoms with van der Waals surface area (Å²) < 4.78 is 0. The van der Waals surface area contributed by atoms with Gasteiger partial charge in [0.1, 0.15) is 0 Å². The second-order valence-corrected chi connectivity index (χ2v) is 6.65. The highest BCUT2D eigenvalue weighted by Crippen LogP contribution is 2.69. The van der Waals surface area contributed by atoms with Crippen LogP contribution in [0.2, 0.25) is 0 Å². The van der Waals surface area contributed by atoms with Crippen LogP contribution in [0.3, 0.4) is 0 Å². The van der Waals surface area contributed by atoms with Crippen LogP contribution in [-0.4, -0.2) is 34.6 Å². The van der Waals surface area contributed by atoms with Crippen molar-refractivity contribution in [3.63, 3.8) is 0 Å². The van der Waals surface area contributed by atoms with Crippen molar-refractivity contribution in [1.29, 1.82) is 0 Å². The molecule has 0 radical (unpaired) electrons. The molecule has 0 aromatic rings. The van der Waals surface area contributed by atoms with E-state index in [2.05, 4.69) is 27.7 Å². The number of hydrogen-bond donors (Lipinski definition) is 1. The van der Waals surface area contributed by atoms with Crippen LogP contribution < -0.4 is 0 Å². The molecule has 1 aliphatic heterocycles. The van der Waals surface area contributed by atoms with Crippen molar-refractivity contribution in [2.75, 3.05) is 13.1 Å². The molecule has 1 saturated heterocycles. The van der Waals surface area contributed by atoms with Crippen LogP contribution in [-0.2, 0) is 4.79 Å². The van der Waals surface area contributed by atoms with Crippen molar-refractivity contribution in [3.05, 3.63) is 0 Å². The number of aliphatic hydroxyl groups is 1. The first-order valence-corrected chi connectivity index (χ1v) is 6.17. The van der Waals surface area contributed by atoms with E-state index in [4.69, 9.17) is 0 Å². The van der Waals surface area contributed by atoms with Crippen molar-refractivity contribution in [2.24, 2.45) is 16.7 Å². The lowest BCUT2D eigenvalue weighted by Gasteiger charge is -2.46. The summed E-state index contributed by atoms with van der Waals surface area (Å²) >= 11 is 0. The van der Waals surface area contributed by atoms with Gasteiger partial charge < -0.3 is 10.0 Å². The predicted octanol–water partition coefficient (Wildman–Crippen LogP) is 1.65. The molecular weight excluding hydrogens is 202 g/mol. The molecule has 0 atom stereocenters. The van der Waals surface area contributed by atoms with Crippen LogP contribution >= 0.6 is 0 Å². The van der Waals surface area contributed by atoms with Gasteiger partial charge in [0.25, 0.3) is 0 Å². The highest BCUT2D eigenvalue weighted by atomic mass is 16.3. The van der Waals surface area contributed by atoms with Gasteiger partial charge >= 0.3 is 0 Å². The number of nitrogens with zero attached hydrogens (tertiary/aromatic N) is 1. The molecule has 3 nitrogen and oxygen atoms in total. The highest BCUT2D eigenvalue weighted by Gasteiger charge is 2.69. The molecule has 1 N–H and O–H groups in total. The minimum atomic E-state index is -0.612. The van der Waals surface area contributed by atoms with Gasteiger partial charge in [0.15, 0.2) is 0 Å². The van der Waals surface area contributed by atoms with Gasteiger partial charge in [0.2, 0.25) is 5.91 Å². The van der Waals surface area contributed by atoms with Crippen LogP contribution in [0.4, 0.5) is 0 Å². The topological polar surface area (TPSA) is 40.5 Å². The monoisotopic (exact) mass is 225 g/mol. The number of hydrogen-bond acceptors (Lipinski definition) is 2. The molecule has 0 aromatic heterocycles. The average molecular weight is 225 g/mol. The third-order valence-corrected chi connectivity index (χ3v) is 5.21. The van der Waals surface area contributed by atoms with E-state index in [1.54, 1.807) is 0 Å². The van der Waals surface area contributed by atoms with Crippen molar-refractivity contribution in [3.8, 4) is 0 Å². The lowest BCUT2D eigenvalue weighted by Crippen LogP contribution is -2.63. The third kappa shape index (κ3) is 1.33. The van der Waals surface area contributed by atoms with Gasteiger partial charge in [-0.15, -0.1) is 0 Å². The zero-order chi connectivity index (χ0) is 12.4. The SMILES string of the molecule is CCC1(O)CN(C(=O)C2C(C)(C)C2(C)C)C1. The van der Waals surface area contributed by atoms with Gasteiger partial charge in [-0.25, -0.2) is 0 Å². The number of β-amino-alcohol motifs (C(OH)–C–C–N with tert-alkyl or cyclic N) is 1. The summed E-state index contributed by atoms with van der Waals surface area (Å²) in [5.41, 5.74) is -0.410. The molecular formula is C13H23NO2. The van der Waals surface area contributed by atoms with Gasteiger partial charge in [-0.1, -0.05) is 34.6 Å². The Morgan fingerprint density at radius 2 is 1.69 bits per heavy atom. The summed E-state index contributed by atoms with van der Waals surface area (Å²) in [6.45, 7) is 11.6. The van der Waals surface area contributed by atoms with Crippen molar-refractivity contribution in [2.45, 2.75) is 46.6 Å². The fraction of sp³-hybridized carbons (Fsp3) is 0.923. The van der Waals surface area contributed by atoms with E-state index in [0.29, 0.717) is 13.1 Å². The summed E-state index contributed by atoms with van der Waals surface area (Å²) in [6, 6.07) is 0. The first-order valence-electron chi connectivity index (χ1n) is 6.17. The first-order chi connectivity index (χ1) is 7.16. The Hall–Kier alpha value is -0.570. The molecule has 0 aromatic carbocycles. The van der Waals surface area contributed by atoms with Crippen molar-refractivity contribution >= 4 is 5.91 Å². The van der Waals surface area contributed by atoms with Gasteiger partial charge in [-0.2, -0.15) is 0 Å². The molecule has 1 amide bonds. The molecule has 3 heteroatoms. The minimum absolute atomic E-state index is 0.101. The van der Waals surface area contributed by atoms with Crippen LogP contribution in [0.15, 0.2) is 0 Å². The molecule has 1 aliphatic carbocycles. The Morgan fingerprint density at radius 3 is 2.00 bits per heavy atom. The van der Waals surface area contributed by atoms with E-state index < -0.39 is 5.60 Å². The number of rotatable bonds is 2. The molecule has 2 rings (SSSR count). The van der Waals surface area contributed by atoms with E-state index >= 15 is 0 Å². The minimum Gasteiger partial charge on any atom is -0.386 e. The van der Waals surface area contributed by atoms with Gasteiger partial charge in [0.05, 0.1) is 18.7 Å². The summed E-state index contributed by atoms with van der Waals surface area (Å²) in [7, 11) is 0. The fourth-order valence-corrected chi connectivity index (χ4v) is 3.04. The smallest absolute Gasteiger partial charge is 0.227 e. The zero-order valence-electron chi connectivity index (χ0n) is 11.0. The second kappa shape index (κ2) is 3.00. The van der Waals surface area contributed by atoms with E-state index in [1.165, 1.54) is 0 Å². The van der Waals surface area contributed by atoms with Crippen molar-refractivity contribution in [1.82, 2.24) is 4.90 Å². The summed E-state index contributed by atoms with van der Waals surface area (Å²) in [5.74, 6) is 0.356. The molecule has 0 bridgehead atoms. The highest BCUT2D eigenvalue weighted by molar-refractivity contribution is 5.85. The molecule has 1 heterocycles. The Morgan fingerprint density at radius 1 is 1.25 bits per heavy atom. The molecule has 92 valence electrons. The molecule has 0 spiro atoms. The van der Waals surface area contributed by atoms with Gasteiger partial charge in [-0.3, -0.25) is 4.79 Å². The normalized spacial score (nSPS) is 29.8. The Bertz CT molecular complexity index is 313. The van der Waals surface area contributed by atoms with E-state index in [0.717, 1.165) is 6.42 Å². The van der Waals surface area contributed by atoms with E-state index in [1.807, 2.05) is 11.8 Å². The van der Waals surface area contributed by atoms with E-state index in [9.17, 15) is 9.90 Å². The predicted molar refractivity (Wildman–Crippen MR) is 62.9 cm³/mol. The number of amides is 1. The quantitative estimate of drug-likeness (QED) is 0.776. The number of carbonyl (C=O) groups excluding carboxylic acids is 1. The average Bonchev–Trinajstić information content (AvgIpc) is 2.51. The van der Waals surface area contributed by atoms with Gasteiger partial charge in [0, 0.05) is 5.92 Å². The molecule has 2 aliphatic rings. The van der Waals surface area contributed by atoms with Gasteiger partial charge in [-0.05, 0) is 17.3 Å². The fourth-order valence-electron chi connectivity index (χ4n) is 3.04. The maximum atomic E-state index is 12.2. The lowest BCUT2D eigenvalue weighted by molar-refractivity contribution is -0.158. The Labute approximate surface area is 97.8 Å². The second-order valence-electron chi connectivity index (χ2n) is 6.65. The van der Waals surface area contributed by atoms with Crippen molar-refractivity contribution < 1.29 is 9.90 Å². The third-order valence-electron chi connectivity index (χ3n) is 5.21. The molecule has 0 unspecified atom stereocenters. The lowest BCUT2D eigenvalue weighted by atomic mass is 9.90. The van der Waals surface area contributed by atoms with E-state index in [-0.39, 0.29) is 22.7 Å². The first kappa shape index (κ1) is 11.9. The maximum absolute atomic E-state index is 12.2. The Balaban J connectivity index is 1.98. The largest absolute Gasteiger partial charge is 0.386 e. The summed E-state index contributed by atoms with van der Waals surface area (Å²) in [5, 5.41) is 9.91. The van der Waals surface area contributed by atoms with Crippen LogP contribution in [0, 0.1) is 16.7 Å². The molecule has 1 saturated carbocycles. The maximum Gasteiger partial charge on any atom is 0.227 e. The molecule has 2 fully saturated rings. The zero-order valence-corrected chi connectivity index (χ0v) is 11.0. The van der Waals surface area contributed by atoms with Crippen LogP contribution in [0.5, 0.6) is 0 Å². The Kier molecular flexibility index (Phi) is 2.24. The number of carbonyl (C=O) groups is 1. The number of likely N-dealkylation sites (tertiary alicyclic amines) is 1. The summed E-state index contributed by atoms with van der Waals surface area (Å²) in [4.78, 5) is 14.0. The molecule has 16 heavy (non-hydrogen) atoms. The summed E-state index contributed by atoms with van der Waals surface area (Å²) in [6.07, 6.45) is 0.730. The standard InChI is InChI=1S/C13H23NO2/c1-6-13(16)7-14(8-13)10(15)9-11(2,3)12(9,4)5/h9,16H,6-8H2,1-5H3.